The lowest BCUT2D eigenvalue weighted by Crippen LogP contribution is -2.54. The Morgan fingerprint density at radius 3 is 2.20 bits per heavy atom. The van der Waals surface area contributed by atoms with E-state index < -0.39 is 29.7 Å². The third kappa shape index (κ3) is 8.86. The monoisotopic (exact) mass is 894 g/mol. The number of benzene rings is 2. The number of aromatic nitrogens is 1. The summed E-state index contributed by atoms with van der Waals surface area (Å²) in [6.45, 7) is 5.77. The van der Waals surface area contributed by atoms with Gasteiger partial charge in [0.15, 0.2) is 0 Å². The Labute approximate surface area is 374 Å². The molecule has 1 unspecified atom stereocenters. The summed E-state index contributed by atoms with van der Waals surface area (Å²) in [7, 11) is 8.89. The molecule has 6 heterocycles. The number of piperazine rings is 1. The molecule has 2 aromatic carbocycles. The van der Waals surface area contributed by atoms with Crippen LogP contribution < -0.4 is 30.6 Å². The summed E-state index contributed by atoms with van der Waals surface area (Å²) in [6.07, 6.45) is 3.91. The molecule has 0 saturated carbocycles. The minimum absolute atomic E-state index is 0.0663. The summed E-state index contributed by atoms with van der Waals surface area (Å²) in [5.74, 6) is -0.678. The molecule has 8 rings (SSSR count). The van der Waals surface area contributed by atoms with Gasteiger partial charge in [0.25, 0.3) is 23.3 Å². The molecule has 3 saturated heterocycles. The third-order valence-electron chi connectivity index (χ3n) is 12.8. The van der Waals surface area contributed by atoms with E-state index in [0.717, 1.165) is 53.2 Å². The molecule has 0 bridgehead atoms. The number of likely N-dealkylation sites (tertiary alicyclic amines) is 1. The number of fused-ring (bicyclic) bond motifs is 2. The number of carbonyl (C=O) groups excluding carboxylic acids is 6. The number of hydrogen-bond donors (Lipinski definition) is 2. The maximum Gasteiger partial charge on any atom is 0.262 e. The fourth-order valence-electron chi connectivity index (χ4n) is 9.19. The zero-order chi connectivity index (χ0) is 45.4. The Hall–Kier alpha value is -6.11. The van der Waals surface area contributed by atoms with Gasteiger partial charge in [-0.15, -0.1) is 11.3 Å². The number of rotatable bonds is 13. The molecule has 0 radical (unpaired) electrons. The summed E-state index contributed by atoms with van der Waals surface area (Å²) in [4.78, 5) is 100. The van der Waals surface area contributed by atoms with Gasteiger partial charge in [0.1, 0.15) is 17.5 Å². The van der Waals surface area contributed by atoms with Gasteiger partial charge in [-0.3, -0.25) is 48.7 Å². The van der Waals surface area contributed by atoms with Crippen molar-refractivity contribution in [3.05, 3.63) is 74.5 Å². The average Bonchev–Trinajstić information content (AvgIpc) is 3.85. The maximum atomic E-state index is 13.5. The second-order valence-electron chi connectivity index (χ2n) is 17.2. The van der Waals surface area contributed by atoms with Crippen LogP contribution in [0.4, 0.5) is 5.69 Å². The third-order valence-corrected chi connectivity index (χ3v) is 14.0. The van der Waals surface area contributed by atoms with E-state index in [0.29, 0.717) is 78.7 Å². The van der Waals surface area contributed by atoms with E-state index in [9.17, 15) is 33.6 Å². The fourth-order valence-corrected chi connectivity index (χ4v) is 10.3. The Morgan fingerprint density at radius 1 is 0.859 bits per heavy atom. The smallest absolute Gasteiger partial charge is 0.262 e. The first kappa shape index (κ1) is 44.5. The van der Waals surface area contributed by atoms with Crippen molar-refractivity contribution in [1.82, 2.24) is 34.8 Å². The normalized spacial score (nSPS) is 18.5. The van der Waals surface area contributed by atoms with E-state index in [1.165, 1.54) is 15.9 Å². The first-order valence-electron chi connectivity index (χ1n) is 21.7. The number of anilines is 1. The van der Waals surface area contributed by atoms with Crippen molar-refractivity contribution in [1.29, 1.82) is 0 Å². The van der Waals surface area contributed by atoms with Crippen molar-refractivity contribution in [2.45, 2.75) is 44.7 Å². The predicted octanol–water partition coefficient (Wildman–Crippen LogP) is 2.93. The van der Waals surface area contributed by atoms with Gasteiger partial charge in [0.05, 0.1) is 41.2 Å². The maximum absolute atomic E-state index is 13.5. The number of amides is 6. The molecule has 18 heteroatoms. The summed E-state index contributed by atoms with van der Waals surface area (Å²) < 4.78 is 13.8. The molecule has 6 amide bonds. The van der Waals surface area contributed by atoms with Crippen molar-refractivity contribution in [3.8, 4) is 22.6 Å². The van der Waals surface area contributed by atoms with E-state index in [4.69, 9.17) is 9.47 Å². The van der Waals surface area contributed by atoms with Crippen molar-refractivity contribution in [2.24, 2.45) is 13.0 Å². The number of aryl methyl sites for hydroxylation is 1. The van der Waals surface area contributed by atoms with E-state index >= 15 is 0 Å². The Morgan fingerprint density at radius 2 is 1.55 bits per heavy atom. The van der Waals surface area contributed by atoms with Gasteiger partial charge in [-0.1, -0.05) is 0 Å². The van der Waals surface area contributed by atoms with Gasteiger partial charge < -0.3 is 34.1 Å². The minimum Gasteiger partial charge on any atom is -0.496 e. The molecule has 4 aliphatic heterocycles. The highest BCUT2D eigenvalue weighted by molar-refractivity contribution is 7.21. The topological polar surface area (TPSA) is 183 Å². The number of imide groups is 2. The molecule has 3 fully saturated rings. The fraction of sp³-hybridized carbons (Fsp3) is 0.457. The second kappa shape index (κ2) is 18.5. The van der Waals surface area contributed by atoms with Crippen LogP contribution in [0.25, 0.3) is 21.2 Å². The summed E-state index contributed by atoms with van der Waals surface area (Å²) in [5, 5.41) is 5.79. The number of nitrogens with zero attached hydrogens (tertiary/aromatic N) is 6. The number of nitrogens with one attached hydrogen (secondary N) is 2. The summed E-state index contributed by atoms with van der Waals surface area (Å²) >= 11 is 1.29. The van der Waals surface area contributed by atoms with Crippen molar-refractivity contribution in [2.75, 3.05) is 85.6 Å². The Kier molecular flexibility index (Phi) is 12.9. The van der Waals surface area contributed by atoms with Crippen LogP contribution >= 0.6 is 11.3 Å². The summed E-state index contributed by atoms with van der Waals surface area (Å²) in [6, 6.07) is 9.71. The molecule has 0 spiro atoms. The van der Waals surface area contributed by atoms with Gasteiger partial charge in [-0.25, -0.2) is 0 Å². The molecule has 338 valence electrons. The van der Waals surface area contributed by atoms with Crippen LogP contribution in [0.15, 0.2) is 47.4 Å². The molecule has 2 aromatic heterocycles. The lowest BCUT2D eigenvalue weighted by molar-refractivity contribution is -0.136. The zero-order valence-corrected chi connectivity index (χ0v) is 37.7. The van der Waals surface area contributed by atoms with Gasteiger partial charge in [0.2, 0.25) is 17.7 Å². The van der Waals surface area contributed by atoms with Crippen LogP contribution in [0.5, 0.6) is 11.5 Å². The molecule has 17 nitrogen and oxygen atoms in total. The quantitative estimate of drug-likeness (QED) is 0.188. The van der Waals surface area contributed by atoms with Crippen LogP contribution in [0, 0.1) is 5.92 Å². The molecule has 4 aromatic rings. The lowest BCUT2D eigenvalue weighted by atomic mass is 9.96. The molecular formula is C46H54N8O9S. The highest BCUT2D eigenvalue weighted by atomic mass is 32.1. The average molecular weight is 895 g/mol. The number of pyridine rings is 1. The van der Waals surface area contributed by atoms with Crippen LogP contribution in [0.1, 0.15) is 68.1 Å². The molecule has 64 heavy (non-hydrogen) atoms. The first-order valence-corrected chi connectivity index (χ1v) is 22.5. The van der Waals surface area contributed by atoms with Gasteiger partial charge in [-0.05, 0) is 81.2 Å². The predicted molar refractivity (Wildman–Crippen MR) is 241 cm³/mol. The number of carbonyl (C=O) groups is 6. The molecule has 4 aliphatic rings. The molecule has 2 N–H and O–H groups in total. The number of methoxy groups -OCH3 is 2. The van der Waals surface area contributed by atoms with Crippen LogP contribution in [-0.4, -0.2) is 146 Å². The lowest BCUT2D eigenvalue weighted by Gasteiger charge is -2.37. The van der Waals surface area contributed by atoms with E-state index in [-0.39, 0.29) is 47.3 Å². The number of thiophene rings is 1. The Balaban J connectivity index is 0.804. The van der Waals surface area contributed by atoms with E-state index in [1.54, 1.807) is 45.7 Å². The van der Waals surface area contributed by atoms with Crippen LogP contribution in [-0.2, 0) is 28.0 Å². The largest absolute Gasteiger partial charge is 0.496 e. The molecule has 0 aliphatic carbocycles. The number of piperidine rings is 2. The minimum atomic E-state index is -1.01. The van der Waals surface area contributed by atoms with Crippen molar-refractivity contribution >= 4 is 62.6 Å². The molecular weight excluding hydrogens is 841 g/mol. The van der Waals surface area contributed by atoms with Gasteiger partial charge >= 0.3 is 0 Å². The SMILES string of the molecule is COc1cc(-c2cn(C)c(=O)c3cc(C(=O)NCC4CCN(C(=O)CCN5CCN(c6ccc7c(c6)C(=O)N(C6CCC(=O)NC6=O)C7=O)CC5)CC4)sc23)cc(OC)c1CN(C)C. The Bertz CT molecular complexity index is 2560. The van der Waals surface area contributed by atoms with Crippen LogP contribution in [0.3, 0.4) is 0 Å². The van der Waals surface area contributed by atoms with Crippen LogP contribution in [0.2, 0.25) is 0 Å². The summed E-state index contributed by atoms with van der Waals surface area (Å²) in [5.41, 5.74) is 3.65. The number of ether oxygens (including phenoxy) is 2. The van der Waals surface area contributed by atoms with E-state index in [2.05, 4.69) is 20.4 Å². The second-order valence-corrected chi connectivity index (χ2v) is 18.3. The van der Waals surface area contributed by atoms with Crippen molar-refractivity contribution in [3.63, 3.8) is 0 Å². The van der Waals surface area contributed by atoms with Crippen molar-refractivity contribution < 1.29 is 38.2 Å². The highest BCUT2D eigenvalue weighted by Crippen LogP contribution is 2.40. The van der Waals surface area contributed by atoms with Gasteiger partial charge in [0, 0.05) is 101 Å². The highest BCUT2D eigenvalue weighted by Gasteiger charge is 2.45. The standard InChI is InChI=1S/C46H54N8O9S/c1-49(2)25-34-36(62-4)20-28(21-37(34)63-5)33-26-50(3)44(59)32-23-38(64-41(32)33)43(58)47-24-27-10-14-53(15-11-27)40(56)12-13-51-16-18-52(19-17-51)29-6-7-30-31(22-29)46(61)54(45(30)60)35-8-9-39(55)48-42(35)57/h6-7,20-23,26-27,35H,8-19,24-25H2,1-5H3,(H,47,58)(H,48,55,57). The molecule has 1 atom stereocenters. The van der Waals surface area contributed by atoms with Gasteiger partial charge in [-0.2, -0.15) is 0 Å². The first-order chi connectivity index (χ1) is 30.7. The number of hydrogen-bond acceptors (Lipinski definition) is 13. The van der Waals surface area contributed by atoms with E-state index in [1.807, 2.05) is 42.1 Å². The zero-order valence-electron chi connectivity index (χ0n) is 36.9.